The fraction of sp³-hybridized carbons (Fsp3) is 0.312. The van der Waals surface area contributed by atoms with Crippen LogP contribution in [0, 0.1) is 5.82 Å². The summed E-state index contributed by atoms with van der Waals surface area (Å²) in [6.07, 6.45) is 2.66. The molecule has 1 saturated heterocycles. The van der Waals surface area contributed by atoms with Crippen LogP contribution in [0.3, 0.4) is 0 Å². The van der Waals surface area contributed by atoms with E-state index in [4.69, 9.17) is 4.84 Å². The quantitative estimate of drug-likeness (QED) is 0.878. The van der Waals surface area contributed by atoms with E-state index in [1.807, 2.05) is 0 Å². The van der Waals surface area contributed by atoms with Gasteiger partial charge in [-0.3, -0.25) is 9.59 Å². The highest BCUT2D eigenvalue weighted by molar-refractivity contribution is 6.03. The normalized spacial score (nSPS) is 19.4. The number of H-pyrrole nitrogens is 1. The maximum absolute atomic E-state index is 14.1. The number of carbonyl (C=O) groups is 3. The lowest BCUT2D eigenvalue weighted by atomic mass is 9.95. The van der Waals surface area contributed by atoms with Gasteiger partial charge >= 0.3 is 5.97 Å². The summed E-state index contributed by atoms with van der Waals surface area (Å²) in [5.74, 6) is -2.16. The summed E-state index contributed by atoms with van der Waals surface area (Å²) in [5, 5.41) is 0.883. The van der Waals surface area contributed by atoms with Gasteiger partial charge in [0.15, 0.2) is 0 Å². The lowest BCUT2D eigenvalue weighted by Crippen LogP contribution is -2.36. The van der Waals surface area contributed by atoms with Gasteiger partial charge in [0.2, 0.25) is 0 Å². The Labute approximate surface area is 130 Å². The molecular weight excluding hydrogens is 303 g/mol. The van der Waals surface area contributed by atoms with Gasteiger partial charge in [0.25, 0.3) is 11.8 Å². The van der Waals surface area contributed by atoms with Crippen LogP contribution in [0.1, 0.15) is 31.2 Å². The van der Waals surface area contributed by atoms with E-state index in [0.717, 1.165) is 0 Å². The first-order chi connectivity index (χ1) is 11.0. The molecule has 7 heteroatoms. The van der Waals surface area contributed by atoms with Crippen molar-refractivity contribution in [3.8, 4) is 0 Å². The lowest BCUT2D eigenvalue weighted by Gasteiger charge is -2.18. The number of halogens is 1. The van der Waals surface area contributed by atoms with Gasteiger partial charge in [0, 0.05) is 29.9 Å². The second-order valence-corrected chi connectivity index (χ2v) is 5.91. The molecule has 2 heterocycles. The maximum atomic E-state index is 14.1. The van der Waals surface area contributed by atoms with Gasteiger partial charge in [0.1, 0.15) is 5.82 Å². The summed E-state index contributed by atoms with van der Waals surface area (Å²) in [5.41, 5.74) is 0.103. The van der Waals surface area contributed by atoms with Gasteiger partial charge in [-0.05, 0) is 30.5 Å². The molecule has 2 amide bonds. The van der Waals surface area contributed by atoms with Crippen molar-refractivity contribution in [2.75, 3.05) is 0 Å². The number of hydroxylamine groups is 2. The summed E-state index contributed by atoms with van der Waals surface area (Å²) in [4.78, 5) is 43.7. The van der Waals surface area contributed by atoms with Crippen LogP contribution in [0.4, 0.5) is 4.39 Å². The molecule has 1 N–H and O–H groups in total. The molecule has 0 unspecified atom stereocenters. The first kappa shape index (κ1) is 13.9. The van der Waals surface area contributed by atoms with Gasteiger partial charge in [-0.15, -0.1) is 5.06 Å². The molecule has 2 aromatic rings. The highest BCUT2D eigenvalue weighted by Crippen LogP contribution is 2.52. The summed E-state index contributed by atoms with van der Waals surface area (Å²) >= 11 is 0. The molecule has 23 heavy (non-hydrogen) atoms. The lowest BCUT2D eigenvalue weighted by molar-refractivity contribution is -0.199. The highest BCUT2D eigenvalue weighted by Gasteiger charge is 2.56. The number of fused-ring (bicyclic) bond motifs is 1. The maximum Gasteiger partial charge on any atom is 0.343 e. The minimum Gasteiger partial charge on any atom is -0.361 e. The fourth-order valence-corrected chi connectivity index (χ4v) is 3.05. The average molecular weight is 316 g/mol. The van der Waals surface area contributed by atoms with E-state index < -0.39 is 29.0 Å². The van der Waals surface area contributed by atoms with Gasteiger partial charge < -0.3 is 9.82 Å². The van der Waals surface area contributed by atoms with Crippen LogP contribution < -0.4 is 0 Å². The molecule has 1 aliphatic heterocycles. The monoisotopic (exact) mass is 316 g/mol. The number of hydrogen-bond donors (Lipinski definition) is 1. The van der Waals surface area contributed by atoms with E-state index in [-0.39, 0.29) is 12.8 Å². The Morgan fingerprint density at radius 3 is 2.57 bits per heavy atom. The Bertz CT molecular complexity index is 837. The third kappa shape index (κ3) is 1.96. The van der Waals surface area contributed by atoms with E-state index in [0.29, 0.717) is 34.4 Å². The SMILES string of the molecule is O=C1CCC(=O)N1OC(=O)C1(c2c[nH]c3cccc(F)c23)CC1. The van der Waals surface area contributed by atoms with Crippen molar-refractivity contribution in [3.05, 3.63) is 35.8 Å². The molecule has 0 radical (unpaired) electrons. The van der Waals surface area contributed by atoms with Crippen molar-refractivity contribution >= 4 is 28.7 Å². The van der Waals surface area contributed by atoms with Gasteiger partial charge in [-0.1, -0.05) is 6.07 Å². The molecule has 1 aromatic heterocycles. The number of aromatic nitrogens is 1. The number of nitrogens with zero attached hydrogens (tertiary/aromatic N) is 1. The van der Waals surface area contributed by atoms with Crippen molar-refractivity contribution in [1.29, 1.82) is 0 Å². The van der Waals surface area contributed by atoms with E-state index in [2.05, 4.69) is 4.98 Å². The first-order valence-electron chi connectivity index (χ1n) is 7.37. The van der Waals surface area contributed by atoms with Crippen molar-refractivity contribution in [2.24, 2.45) is 0 Å². The molecule has 0 atom stereocenters. The van der Waals surface area contributed by atoms with E-state index in [1.165, 1.54) is 6.07 Å². The molecular formula is C16H13FN2O4. The zero-order valence-corrected chi connectivity index (χ0v) is 12.1. The van der Waals surface area contributed by atoms with Crippen LogP contribution >= 0.6 is 0 Å². The van der Waals surface area contributed by atoms with Crippen LogP contribution in [-0.4, -0.2) is 27.8 Å². The minimum atomic E-state index is -0.996. The summed E-state index contributed by atoms with van der Waals surface area (Å²) < 4.78 is 14.1. The largest absolute Gasteiger partial charge is 0.361 e. The zero-order valence-electron chi connectivity index (χ0n) is 12.1. The van der Waals surface area contributed by atoms with Crippen LogP contribution in [-0.2, 0) is 24.6 Å². The topological polar surface area (TPSA) is 79.5 Å². The number of aromatic amines is 1. The molecule has 2 fully saturated rings. The molecule has 2 aliphatic rings. The number of carbonyl (C=O) groups excluding carboxylic acids is 3. The van der Waals surface area contributed by atoms with Gasteiger partial charge in [-0.25, -0.2) is 9.18 Å². The van der Waals surface area contributed by atoms with E-state index in [1.54, 1.807) is 18.3 Å². The highest BCUT2D eigenvalue weighted by atomic mass is 19.1. The number of imide groups is 1. The Hall–Kier alpha value is -2.70. The number of benzene rings is 1. The molecule has 6 nitrogen and oxygen atoms in total. The predicted molar refractivity (Wildman–Crippen MR) is 76.3 cm³/mol. The molecule has 1 saturated carbocycles. The molecule has 0 bridgehead atoms. The first-order valence-corrected chi connectivity index (χ1v) is 7.37. The third-order valence-electron chi connectivity index (χ3n) is 4.49. The zero-order chi connectivity index (χ0) is 16.2. The molecule has 1 aliphatic carbocycles. The van der Waals surface area contributed by atoms with Crippen LogP contribution in [0.2, 0.25) is 0 Å². The third-order valence-corrected chi connectivity index (χ3v) is 4.49. The Morgan fingerprint density at radius 2 is 1.91 bits per heavy atom. The summed E-state index contributed by atoms with van der Waals surface area (Å²) in [7, 11) is 0. The van der Waals surface area contributed by atoms with Gasteiger partial charge in [-0.2, -0.15) is 0 Å². The number of rotatable bonds is 3. The average Bonchev–Trinajstić information content (AvgIpc) is 3.13. The second kappa shape index (κ2) is 4.65. The van der Waals surface area contributed by atoms with Crippen molar-refractivity contribution in [2.45, 2.75) is 31.1 Å². The molecule has 1 aromatic carbocycles. The Kier molecular flexibility index (Phi) is 2.81. The van der Waals surface area contributed by atoms with Crippen molar-refractivity contribution < 1.29 is 23.6 Å². The Balaban J connectivity index is 1.69. The smallest absolute Gasteiger partial charge is 0.343 e. The van der Waals surface area contributed by atoms with Crippen molar-refractivity contribution in [3.63, 3.8) is 0 Å². The predicted octanol–water partition coefficient (Wildman–Crippen LogP) is 1.95. The van der Waals surface area contributed by atoms with Crippen molar-refractivity contribution in [1.82, 2.24) is 10.0 Å². The molecule has 118 valence electrons. The summed E-state index contributed by atoms with van der Waals surface area (Å²) in [6.45, 7) is 0. The summed E-state index contributed by atoms with van der Waals surface area (Å²) in [6, 6.07) is 4.63. The molecule has 0 spiro atoms. The second-order valence-electron chi connectivity index (χ2n) is 5.91. The van der Waals surface area contributed by atoms with E-state index >= 15 is 0 Å². The van der Waals surface area contributed by atoms with Crippen LogP contribution in [0.15, 0.2) is 24.4 Å². The fourth-order valence-electron chi connectivity index (χ4n) is 3.05. The molecule has 4 rings (SSSR count). The van der Waals surface area contributed by atoms with Crippen LogP contribution in [0.5, 0.6) is 0 Å². The number of hydrogen-bond acceptors (Lipinski definition) is 4. The Morgan fingerprint density at radius 1 is 1.22 bits per heavy atom. The standard InChI is InChI=1S/C16H13FN2O4/c17-10-2-1-3-11-14(10)9(8-18-11)16(6-7-16)15(22)23-19-12(20)4-5-13(19)21/h1-3,8,18H,4-7H2. The van der Waals surface area contributed by atoms with Crippen LogP contribution in [0.25, 0.3) is 10.9 Å². The minimum absolute atomic E-state index is 0.0425. The number of nitrogens with one attached hydrogen (secondary N) is 1. The van der Waals surface area contributed by atoms with E-state index in [9.17, 15) is 18.8 Å². The van der Waals surface area contributed by atoms with Gasteiger partial charge in [0.05, 0.1) is 5.41 Å². The number of amides is 2.